The molecule has 0 aliphatic carbocycles. The molecule has 11 heavy (non-hydrogen) atoms. The number of rotatable bonds is 1. The highest BCUT2D eigenvalue weighted by Crippen LogP contribution is 2.16. The lowest BCUT2D eigenvalue weighted by molar-refractivity contribution is 0.469. The van der Waals surface area contributed by atoms with Crippen LogP contribution in [0, 0.1) is 5.92 Å². The first-order valence-corrected chi connectivity index (χ1v) is 5.47. The maximum Gasteiger partial charge on any atom is 0.211 e. The van der Waals surface area contributed by atoms with E-state index < -0.39 is 10.0 Å². The van der Waals surface area contributed by atoms with Crippen LogP contribution in [-0.4, -0.2) is 38.1 Å². The van der Waals surface area contributed by atoms with Crippen LogP contribution in [-0.2, 0) is 10.0 Å². The second-order valence-corrected chi connectivity index (χ2v) is 5.20. The van der Waals surface area contributed by atoms with Crippen LogP contribution >= 0.6 is 0 Å². The monoisotopic (exact) mass is 178 g/mol. The number of sulfonamides is 1. The normalized spacial score (nSPS) is 34.5. The van der Waals surface area contributed by atoms with Crippen molar-refractivity contribution in [3.8, 4) is 0 Å². The average molecular weight is 178 g/mol. The van der Waals surface area contributed by atoms with Crippen molar-refractivity contribution in [1.82, 2.24) is 4.31 Å². The van der Waals surface area contributed by atoms with Crippen molar-refractivity contribution in [2.45, 2.75) is 13.0 Å². The van der Waals surface area contributed by atoms with Gasteiger partial charge in [0.25, 0.3) is 0 Å². The Labute approximate surface area is 67.4 Å². The minimum Gasteiger partial charge on any atom is -0.326 e. The van der Waals surface area contributed by atoms with Crippen molar-refractivity contribution in [3.63, 3.8) is 0 Å². The molecule has 0 aromatic rings. The van der Waals surface area contributed by atoms with Crippen LogP contribution in [0.5, 0.6) is 0 Å². The van der Waals surface area contributed by atoms with Crippen molar-refractivity contribution < 1.29 is 8.42 Å². The van der Waals surface area contributed by atoms with Gasteiger partial charge in [0.05, 0.1) is 6.26 Å². The third kappa shape index (κ3) is 1.91. The highest BCUT2D eigenvalue weighted by molar-refractivity contribution is 7.88. The van der Waals surface area contributed by atoms with Gasteiger partial charge in [0.15, 0.2) is 0 Å². The summed E-state index contributed by atoms with van der Waals surface area (Å²) in [5.74, 6) is 0.282. The summed E-state index contributed by atoms with van der Waals surface area (Å²) in [5, 5.41) is 0. The van der Waals surface area contributed by atoms with E-state index in [0.717, 1.165) is 0 Å². The van der Waals surface area contributed by atoms with Gasteiger partial charge in [-0.2, -0.15) is 0 Å². The predicted octanol–water partition coefficient (Wildman–Crippen LogP) is -0.775. The Morgan fingerprint density at radius 2 is 2.00 bits per heavy atom. The fourth-order valence-electron chi connectivity index (χ4n) is 1.22. The Morgan fingerprint density at radius 1 is 1.45 bits per heavy atom. The summed E-state index contributed by atoms with van der Waals surface area (Å²) in [6, 6.07) is 0.00437. The van der Waals surface area contributed by atoms with E-state index in [1.54, 1.807) is 0 Å². The van der Waals surface area contributed by atoms with Gasteiger partial charge in [0, 0.05) is 19.1 Å². The van der Waals surface area contributed by atoms with Crippen molar-refractivity contribution in [3.05, 3.63) is 0 Å². The van der Waals surface area contributed by atoms with Gasteiger partial charge in [-0.3, -0.25) is 0 Å². The van der Waals surface area contributed by atoms with Crippen molar-refractivity contribution in [2.75, 3.05) is 19.3 Å². The molecule has 0 aromatic carbocycles. The van der Waals surface area contributed by atoms with Crippen LogP contribution < -0.4 is 5.73 Å². The molecule has 1 fully saturated rings. The standard InChI is InChI=1S/C6H14N2O2S/c1-5-3-8(4-6(5)7)11(2,9)10/h5-6H,3-4,7H2,1-2H3. The molecule has 1 rings (SSSR count). The summed E-state index contributed by atoms with van der Waals surface area (Å²) in [5.41, 5.74) is 5.66. The Morgan fingerprint density at radius 3 is 2.18 bits per heavy atom. The molecule has 2 unspecified atom stereocenters. The quantitative estimate of drug-likeness (QED) is 0.573. The summed E-state index contributed by atoms with van der Waals surface area (Å²) >= 11 is 0. The van der Waals surface area contributed by atoms with Gasteiger partial charge in [-0.15, -0.1) is 0 Å². The summed E-state index contributed by atoms with van der Waals surface area (Å²) in [4.78, 5) is 0. The molecule has 4 nitrogen and oxygen atoms in total. The first kappa shape index (κ1) is 8.96. The molecule has 0 amide bonds. The van der Waals surface area contributed by atoms with E-state index in [2.05, 4.69) is 0 Å². The van der Waals surface area contributed by atoms with E-state index in [1.807, 2.05) is 6.92 Å². The largest absolute Gasteiger partial charge is 0.326 e. The summed E-state index contributed by atoms with van der Waals surface area (Å²) in [6.07, 6.45) is 1.22. The first-order valence-electron chi connectivity index (χ1n) is 3.62. The van der Waals surface area contributed by atoms with Gasteiger partial charge in [-0.05, 0) is 5.92 Å². The van der Waals surface area contributed by atoms with Crippen LogP contribution in [0.4, 0.5) is 0 Å². The molecule has 2 atom stereocenters. The second kappa shape index (κ2) is 2.73. The van der Waals surface area contributed by atoms with E-state index in [0.29, 0.717) is 13.1 Å². The third-order valence-corrected chi connectivity index (χ3v) is 3.34. The Kier molecular flexibility index (Phi) is 2.22. The van der Waals surface area contributed by atoms with E-state index in [1.165, 1.54) is 10.6 Å². The molecule has 0 aromatic heterocycles. The maximum absolute atomic E-state index is 11.0. The number of hydrogen-bond donors (Lipinski definition) is 1. The minimum absolute atomic E-state index is 0.00437. The smallest absolute Gasteiger partial charge is 0.211 e. The fourth-order valence-corrected chi connectivity index (χ4v) is 2.17. The van der Waals surface area contributed by atoms with Gasteiger partial charge >= 0.3 is 0 Å². The van der Waals surface area contributed by atoms with Gasteiger partial charge in [-0.1, -0.05) is 6.92 Å². The Balaban J connectivity index is 2.69. The van der Waals surface area contributed by atoms with E-state index in [9.17, 15) is 8.42 Å². The molecule has 1 saturated heterocycles. The molecule has 0 spiro atoms. The molecule has 1 aliphatic heterocycles. The van der Waals surface area contributed by atoms with Gasteiger partial charge in [0.2, 0.25) is 10.0 Å². The zero-order chi connectivity index (χ0) is 8.65. The van der Waals surface area contributed by atoms with E-state index in [4.69, 9.17) is 5.73 Å². The molecular weight excluding hydrogens is 164 g/mol. The van der Waals surface area contributed by atoms with Gasteiger partial charge < -0.3 is 5.73 Å². The third-order valence-electron chi connectivity index (χ3n) is 2.11. The fraction of sp³-hybridized carbons (Fsp3) is 1.00. The second-order valence-electron chi connectivity index (χ2n) is 3.22. The average Bonchev–Trinajstić information content (AvgIpc) is 2.11. The molecule has 1 heterocycles. The van der Waals surface area contributed by atoms with Crippen LogP contribution in [0.25, 0.3) is 0 Å². The molecule has 1 aliphatic rings. The lowest BCUT2D eigenvalue weighted by Crippen LogP contribution is -2.31. The molecule has 2 N–H and O–H groups in total. The highest BCUT2D eigenvalue weighted by Gasteiger charge is 2.31. The molecular formula is C6H14N2O2S. The lowest BCUT2D eigenvalue weighted by Gasteiger charge is -2.10. The molecule has 0 bridgehead atoms. The minimum atomic E-state index is -3.02. The van der Waals surface area contributed by atoms with Crippen LogP contribution in [0.3, 0.4) is 0 Å². The molecule has 5 heteroatoms. The maximum atomic E-state index is 11.0. The van der Waals surface area contributed by atoms with Gasteiger partial charge in [0.1, 0.15) is 0 Å². The molecule has 66 valence electrons. The number of nitrogens with two attached hydrogens (primary N) is 1. The van der Waals surface area contributed by atoms with E-state index in [-0.39, 0.29) is 12.0 Å². The predicted molar refractivity (Wildman–Crippen MR) is 43.6 cm³/mol. The van der Waals surface area contributed by atoms with Gasteiger partial charge in [-0.25, -0.2) is 12.7 Å². The molecule has 0 radical (unpaired) electrons. The zero-order valence-electron chi connectivity index (χ0n) is 6.82. The summed E-state index contributed by atoms with van der Waals surface area (Å²) in [7, 11) is -3.02. The SMILES string of the molecule is CC1CN(S(C)(=O)=O)CC1N. The zero-order valence-corrected chi connectivity index (χ0v) is 7.63. The number of nitrogens with zero attached hydrogens (tertiary/aromatic N) is 1. The van der Waals surface area contributed by atoms with Crippen LogP contribution in [0.2, 0.25) is 0 Å². The summed E-state index contributed by atoms with van der Waals surface area (Å²) < 4.78 is 23.4. The molecule has 0 saturated carbocycles. The summed E-state index contributed by atoms with van der Waals surface area (Å²) in [6.45, 7) is 3.01. The topological polar surface area (TPSA) is 63.4 Å². The number of hydrogen-bond acceptors (Lipinski definition) is 3. The highest BCUT2D eigenvalue weighted by atomic mass is 32.2. The first-order chi connectivity index (χ1) is 4.91. The Bertz CT molecular complexity index is 227. The van der Waals surface area contributed by atoms with Crippen molar-refractivity contribution >= 4 is 10.0 Å². The van der Waals surface area contributed by atoms with Crippen molar-refractivity contribution in [1.29, 1.82) is 0 Å². The Hall–Kier alpha value is -0.130. The van der Waals surface area contributed by atoms with Crippen LogP contribution in [0.15, 0.2) is 0 Å². The van der Waals surface area contributed by atoms with Crippen molar-refractivity contribution in [2.24, 2.45) is 11.7 Å². The van der Waals surface area contributed by atoms with Crippen LogP contribution in [0.1, 0.15) is 6.92 Å². The lowest BCUT2D eigenvalue weighted by atomic mass is 10.1. The van der Waals surface area contributed by atoms with E-state index >= 15 is 0 Å².